The van der Waals surface area contributed by atoms with Crippen LogP contribution >= 0.6 is 0 Å². The molecule has 0 bridgehead atoms. The minimum Gasteiger partial charge on any atom is -0.494 e. The lowest BCUT2D eigenvalue weighted by Crippen LogP contribution is -2.32. The highest BCUT2D eigenvalue weighted by Gasteiger charge is 2.11. The molecule has 2 aromatic rings. The van der Waals surface area contributed by atoms with E-state index in [-0.39, 0.29) is 6.61 Å². The molecule has 0 aliphatic heterocycles. The molecule has 2 rings (SSSR count). The van der Waals surface area contributed by atoms with Gasteiger partial charge in [0.2, 0.25) is 0 Å². The maximum atomic E-state index is 10.2. The fourth-order valence-corrected chi connectivity index (χ4v) is 2.70. The number of nitrogens with zero attached hydrogens (tertiary/aromatic N) is 1. The van der Waals surface area contributed by atoms with Crippen LogP contribution in [-0.4, -0.2) is 42.9 Å². The van der Waals surface area contributed by atoms with Gasteiger partial charge in [0, 0.05) is 13.1 Å². The first kappa shape index (κ1) is 19.3. The van der Waals surface area contributed by atoms with Gasteiger partial charge in [-0.3, -0.25) is 4.90 Å². The van der Waals surface area contributed by atoms with Crippen LogP contribution in [0.25, 0.3) is 0 Å². The van der Waals surface area contributed by atoms with Crippen molar-refractivity contribution in [2.75, 3.05) is 26.8 Å². The Morgan fingerprint density at radius 2 is 1.76 bits per heavy atom. The molecule has 4 heteroatoms. The van der Waals surface area contributed by atoms with Gasteiger partial charge in [0.15, 0.2) is 0 Å². The number of aliphatic hydroxyl groups is 1. The average molecular weight is 343 g/mol. The topological polar surface area (TPSA) is 41.9 Å². The molecule has 0 aliphatic carbocycles. The van der Waals surface area contributed by atoms with Crippen molar-refractivity contribution in [3.05, 3.63) is 59.2 Å². The summed E-state index contributed by atoms with van der Waals surface area (Å²) in [6.45, 7) is 8.31. The molecule has 1 atom stereocenters. The monoisotopic (exact) mass is 343 g/mol. The largest absolute Gasteiger partial charge is 0.494 e. The Kier molecular flexibility index (Phi) is 7.29. The minimum atomic E-state index is -0.535. The summed E-state index contributed by atoms with van der Waals surface area (Å²) in [4.78, 5) is 2.09. The highest BCUT2D eigenvalue weighted by atomic mass is 16.5. The van der Waals surface area contributed by atoms with Crippen LogP contribution < -0.4 is 9.47 Å². The van der Waals surface area contributed by atoms with Gasteiger partial charge in [0.05, 0.1) is 6.61 Å². The van der Waals surface area contributed by atoms with E-state index in [2.05, 4.69) is 23.1 Å². The second-order valence-electron chi connectivity index (χ2n) is 6.51. The summed E-state index contributed by atoms with van der Waals surface area (Å²) in [6.07, 6.45) is -0.535. The van der Waals surface area contributed by atoms with Crippen LogP contribution in [0.5, 0.6) is 11.5 Å². The van der Waals surface area contributed by atoms with E-state index in [0.717, 1.165) is 29.2 Å². The highest BCUT2D eigenvalue weighted by molar-refractivity contribution is 5.36. The fraction of sp³-hybridized carbons (Fsp3) is 0.429. The van der Waals surface area contributed by atoms with Gasteiger partial charge in [-0.2, -0.15) is 0 Å². The van der Waals surface area contributed by atoms with E-state index >= 15 is 0 Å². The van der Waals surface area contributed by atoms with E-state index in [4.69, 9.17) is 9.47 Å². The van der Waals surface area contributed by atoms with Crippen LogP contribution in [0.4, 0.5) is 0 Å². The van der Waals surface area contributed by atoms with E-state index in [1.54, 1.807) is 0 Å². The van der Waals surface area contributed by atoms with Crippen molar-refractivity contribution < 1.29 is 14.6 Å². The second kappa shape index (κ2) is 9.44. The molecule has 0 fully saturated rings. The molecule has 0 amide bonds. The Bertz CT molecular complexity index is 655. The predicted octanol–water partition coefficient (Wildman–Crippen LogP) is 3.57. The van der Waals surface area contributed by atoms with Gasteiger partial charge in [0.1, 0.15) is 24.2 Å². The van der Waals surface area contributed by atoms with Gasteiger partial charge in [0.25, 0.3) is 0 Å². The first-order chi connectivity index (χ1) is 12.0. The minimum absolute atomic E-state index is 0.290. The number of likely N-dealkylation sites (N-methyl/N-ethyl adjacent to an activating group) is 1. The lowest BCUT2D eigenvalue weighted by atomic mass is 10.1. The summed E-state index contributed by atoms with van der Waals surface area (Å²) in [5.41, 5.74) is 3.43. The number of ether oxygens (including phenoxy) is 2. The van der Waals surface area contributed by atoms with E-state index in [9.17, 15) is 5.11 Å². The molecule has 136 valence electrons. The summed E-state index contributed by atoms with van der Waals surface area (Å²) in [6, 6.07) is 14.2. The third kappa shape index (κ3) is 6.40. The quantitative estimate of drug-likeness (QED) is 0.756. The lowest BCUT2D eigenvalue weighted by molar-refractivity contribution is 0.0741. The van der Waals surface area contributed by atoms with E-state index in [1.165, 1.54) is 5.56 Å². The predicted molar refractivity (Wildman–Crippen MR) is 101 cm³/mol. The molecule has 0 saturated carbocycles. The summed E-state index contributed by atoms with van der Waals surface area (Å²) in [5.74, 6) is 1.73. The van der Waals surface area contributed by atoms with E-state index in [1.807, 2.05) is 52.1 Å². The van der Waals surface area contributed by atoms with Gasteiger partial charge >= 0.3 is 0 Å². The molecule has 0 heterocycles. The van der Waals surface area contributed by atoms with Gasteiger partial charge in [-0.15, -0.1) is 0 Å². The van der Waals surface area contributed by atoms with Gasteiger partial charge < -0.3 is 14.6 Å². The molecule has 1 unspecified atom stereocenters. The van der Waals surface area contributed by atoms with Crippen LogP contribution in [0.1, 0.15) is 23.6 Å². The number of hydrogen-bond acceptors (Lipinski definition) is 4. The number of aryl methyl sites for hydroxylation is 2. The average Bonchev–Trinajstić information content (AvgIpc) is 2.57. The van der Waals surface area contributed by atoms with Crippen molar-refractivity contribution in [1.29, 1.82) is 0 Å². The van der Waals surface area contributed by atoms with Crippen molar-refractivity contribution in [2.24, 2.45) is 0 Å². The van der Waals surface area contributed by atoms with Gasteiger partial charge in [-0.25, -0.2) is 0 Å². The second-order valence-corrected chi connectivity index (χ2v) is 6.51. The zero-order valence-electron chi connectivity index (χ0n) is 15.7. The van der Waals surface area contributed by atoms with Crippen molar-refractivity contribution in [3.8, 4) is 11.5 Å². The normalized spacial score (nSPS) is 12.2. The van der Waals surface area contributed by atoms with E-state index < -0.39 is 6.10 Å². The Morgan fingerprint density at radius 1 is 1.04 bits per heavy atom. The van der Waals surface area contributed by atoms with Crippen molar-refractivity contribution in [1.82, 2.24) is 4.90 Å². The zero-order valence-corrected chi connectivity index (χ0v) is 15.7. The molecule has 2 aromatic carbocycles. The molecule has 0 radical (unpaired) electrons. The number of benzene rings is 2. The molecule has 4 nitrogen and oxygen atoms in total. The maximum absolute atomic E-state index is 10.2. The molecule has 25 heavy (non-hydrogen) atoms. The zero-order chi connectivity index (χ0) is 18.2. The standard InChI is InChI=1S/C21H29NO3/c1-5-24-20-10-8-18(9-11-20)13-22(4)14-19(23)15-25-21-12-16(2)6-7-17(21)3/h6-12,19,23H,5,13-15H2,1-4H3. The van der Waals surface area contributed by atoms with Gasteiger partial charge in [-0.05, 0) is 62.7 Å². The summed E-state index contributed by atoms with van der Waals surface area (Å²) >= 11 is 0. The Balaban J connectivity index is 1.79. The van der Waals surface area contributed by atoms with Crippen LogP contribution in [-0.2, 0) is 6.54 Å². The molecule has 0 aromatic heterocycles. The number of aliphatic hydroxyl groups excluding tert-OH is 1. The van der Waals surface area contributed by atoms with Crippen LogP contribution in [0, 0.1) is 13.8 Å². The fourth-order valence-electron chi connectivity index (χ4n) is 2.70. The van der Waals surface area contributed by atoms with E-state index in [0.29, 0.717) is 13.2 Å². The number of rotatable bonds is 9. The molecule has 0 saturated heterocycles. The van der Waals surface area contributed by atoms with Crippen molar-refractivity contribution >= 4 is 0 Å². The Morgan fingerprint density at radius 3 is 2.44 bits per heavy atom. The smallest absolute Gasteiger partial charge is 0.122 e. The SMILES string of the molecule is CCOc1ccc(CN(C)CC(O)COc2cc(C)ccc2C)cc1. The third-order valence-corrected chi connectivity index (χ3v) is 3.98. The molecule has 1 N–H and O–H groups in total. The molecular weight excluding hydrogens is 314 g/mol. The first-order valence-electron chi connectivity index (χ1n) is 8.76. The van der Waals surface area contributed by atoms with Crippen LogP contribution in [0.15, 0.2) is 42.5 Å². The Labute approximate surface area is 151 Å². The number of hydrogen-bond donors (Lipinski definition) is 1. The van der Waals surface area contributed by atoms with Crippen LogP contribution in [0.3, 0.4) is 0 Å². The van der Waals surface area contributed by atoms with Crippen molar-refractivity contribution in [3.63, 3.8) is 0 Å². The highest BCUT2D eigenvalue weighted by Crippen LogP contribution is 2.19. The van der Waals surface area contributed by atoms with Gasteiger partial charge in [-0.1, -0.05) is 24.3 Å². The first-order valence-corrected chi connectivity index (χ1v) is 8.76. The molecule has 0 aliphatic rings. The summed E-state index contributed by atoms with van der Waals surface area (Å²) in [5, 5.41) is 10.2. The molecule has 0 spiro atoms. The summed E-state index contributed by atoms with van der Waals surface area (Å²) < 4.78 is 11.2. The lowest BCUT2D eigenvalue weighted by Gasteiger charge is -2.21. The maximum Gasteiger partial charge on any atom is 0.122 e. The third-order valence-electron chi connectivity index (χ3n) is 3.98. The Hall–Kier alpha value is -2.04. The van der Waals surface area contributed by atoms with Crippen LogP contribution in [0.2, 0.25) is 0 Å². The molecular formula is C21H29NO3. The van der Waals surface area contributed by atoms with Crippen molar-refractivity contribution in [2.45, 2.75) is 33.4 Å². The summed E-state index contributed by atoms with van der Waals surface area (Å²) in [7, 11) is 2.00.